The van der Waals surface area contributed by atoms with Crippen LogP contribution in [0.5, 0.6) is 0 Å². The second-order valence-electron chi connectivity index (χ2n) is 4.88. The van der Waals surface area contributed by atoms with Gasteiger partial charge in [0, 0.05) is 25.7 Å². The maximum absolute atomic E-state index is 5.71. The van der Waals surface area contributed by atoms with Crippen LogP contribution in [0.25, 0.3) is 0 Å². The molecule has 0 bridgehead atoms. The van der Waals surface area contributed by atoms with Gasteiger partial charge in [-0.1, -0.05) is 0 Å². The molecule has 18 heavy (non-hydrogen) atoms. The highest BCUT2D eigenvalue weighted by Crippen LogP contribution is 2.28. The summed E-state index contributed by atoms with van der Waals surface area (Å²) in [4.78, 5) is 2.49. The lowest BCUT2D eigenvalue weighted by atomic mass is 10.2. The summed E-state index contributed by atoms with van der Waals surface area (Å²) in [5.41, 5.74) is 5.71. The van der Waals surface area contributed by atoms with Crippen LogP contribution in [-0.4, -0.2) is 36.7 Å². The molecular weight excluding hydrogens is 228 g/mol. The first kappa shape index (κ1) is 13.6. The second-order valence-corrected chi connectivity index (χ2v) is 4.88. The molecule has 1 unspecified atom stereocenters. The molecule has 102 valence electrons. The fourth-order valence-electron chi connectivity index (χ4n) is 2.25. The first-order chi connectivity index (χ1) is 8.83. The van der Waals surface area contributed by atoms with E-state index in [1.165, 1.54) is 12.8 Å². The van der Waals surface area contributed by atoms with Crippen molar-refractivity contribution in [3.05, 3.63) is 24.2 Å². The largest absolute Gasteiger partial charge is 0.468 e. The van der Waals surface area contributed by atoms with E-state index in [1.54, 1.807) is 6.26 Å². The van der Waals surface area contributed by atoms with Crippen molar-refractivity contribution in [3.8, 4) is 0 Å². The van der Waals surface area contributed by atoms with Crippen LogP contribution in [0, 0.1) is 0 Å². The smallest absolute Gasteiger partial charge is 0.117 e. The van der Waals surface area contributed by atoms with Crippen LogP contribution in [0.1, 0.15) is 31.9 Å². The average Bonchev–Trinajstić information content (AvgIpc) is 3.11. The van der Waals surface area contributed by atoms with Gasteiger partial charge in [0.25, 0.3) is 0 Å². The molecule has 0 aliphatic heterocycles. The standard InChI is InChI=1S/C14H24N2O2/c1-2-17-13(10-15)7-8-16(12-5-6-12)11-14-4-3-9-18-14/h3-4,9,12-13H,2,5-8,10-11,15H2,1H3. The molecule has 1 aliphatic carbocycles. The Morgan fingerprint density at radius 2 is 2.39 bits per heavy atom. The maximum atomic E-state index is 5.71. The highest BCUT2D eigenvalue weighted by Gasteiger charge is 2.29. The summed E-state index contributed by atoms with van der Waals surface area (Å²) < 4.78 is 11.0. The van der Waals surface area contributed by atoms with Crippen LogP contribution in [0.2, 0.25) is 0 Å². The number of rotatable bonds is 9. The van der Waals surface area contributed by atoms with Gasteiger partial charge in [-0.3, -0.25) is 4.90 Å². The summed E-state index contributed by atoms with van der Waals surface area (Å²) in [7, 11) is 0. The summed E-state index contributed by atoms with van der Waals surface area (Å²) in [6, 6.07) is 4.72. The van der Waals surface area contributed by atoms with Crippen molar-refractivity contribution in [2.45, 2.75) is 44.9 Å². The zero-order chi connectivity index (χ0) is 12.8. The van der Waals surface area contributed by atoms with E-state index in [1.807, 2.05) is 19.1 Å². The Kier molecular flexibility index (Phi) is 5.23. The third-order valence-corrected chi connectivity index (χ3v) is 3.41. The lowest BCUT2D eigenvalue weighted by Gasteiger charge is -2.23. The number of nitrogens with zero attached hydrogens (tertiary/aromatic N) is 1. The highest BCUT2D eigenvalue weighted by molar-refractivity contribution is 4.99. The van der Waals surface area contributed by atoms with Crippen molar-refractivity contribution < 1.29 is 9.15 Å². The quantitative estimate of drug-likeness (QED) is 0.730. The van der Waals surface area contributed by atoms with Gasteiger partial charge in [-0.2, -0.15) is 0 Å². The Bertz CT molecular complexity index is 323. The third kappa shape index (κ3) is 4.12. The molecule has 0 spiro atoms. The normalized spacial score (nSPS) is 17.3. The molecule has 0 amide bonds. The summed E-state index contributed by atoms with van der Waals surface area (Å²) in [6.45, 7) is 5.30. The average molecular weight is 252 g/mol. The van der Waals surface area contributed by atoms with Gasteiger partial charge in [-0.15, -0.1) is 0 Å². The van der Waals surface area contributed by atoms with Crippen LogP contribution < -0.4 is 5.73 Å². The SMILES string of the molecule is CCOC(CN)CCN(Cc1ccco1)C1CC1. The van der Waals surface area contributed by atoms with Gasteiger partial charge >= 0.3 is 0 Å². The minimum atomic E-state index is 0.188. The van der Waals surface area contributed by atoms with Gasteiger partial charge in [-0.05, 0) is 38.3 Å². The number of furan rings is 1. The van der Waals surface area contributed by atoms with Crippen LogP contribution in [0.4, 0.5) is 0 Å². The molecule has 0 radical (unpaired) electrons. The lowest BCUT2D eigenvalue weighted by molar-refractivity contribution is 0.0520. The summed E-state index contributed by atoms with van der Waals surface area (Å²) in [5.74, 6) is 1.04. The van der Waals surface area contributed by atoms with Crippen LogP contribution in [0.15, 0.2) is 22.8 Å². The minimum absolute atomic E-state index is 0.188. The van der Waals surface area contributed by atoms with Crippen molar-refractivity contribution in [3.63, 3.8) is 0 Å². The van der Waals surface area contributed by atoms with E-state index >= 15 is 0 Å². The van der Waals surface area contributed by atoms with Crippen molar-refractivity contribution in [1.29, 1.82) is 0 Å². The molecule has 1 aromatic heterocycles. The molecular formula is C14H24N2O2. The third-order valence-electron chi connectivity index (χ3n) is 3.41. The van der Waals surface area contributed by atoms with E-state index in [4.69, 9.17) is 14.9 Å². The molecule has 1 fully saturated rings. The van der Waals surface area contributed by atoms with Crippen molar-refractivity contribution >= 4 is 0 Å². The maximum Gasteiger partial charge on any atom is 0.117 e. The van der Waals surface area contributed by atoms with Crippen molar-refractivity contribution in [2.75, 3.05) is 19.7 Å². The monoisotopic (exact) mass is 252 g/mol. The molecule has 4 heteroatoms. The van der Waals surface area contributed by atoms with E-state index in [-0.39, 0.29) is 6.10 Å². The highest BCUT2D eigenvalue weighted by atomic mass is 16.5. The Hall–Kier alpha value is -0.840. The predicted molar refractivity (Wildman–Crippen MR) is 71.2 cm³/mol. The van der Waals surface area contributed by atoms with Crippen LogP contribution >= 0.6 is 0 Å². The molecule has 0 saturated heterocycles. The fraction of sp³-hybridized carbons (Fsp3) is 0.714. The van der Waals surface area contributed by atoms with Crippen molar-refractivity contribution in [1.82, 2.24) is 4.90 Å². The number of hydrogen-bond acceptors (Lipinski definition) is 4. The van der Waals surface area contributed by atoms with E-state index < -0.39 is 0 Å². The Labute approximate surface area is 109 Å². The van der Waals surface area contributed by atoms with E-state index in [0.29, 0.717) is 6.54 Å². The second kappa shape index (κ2) is 6.92. The van der Waals surface area contributed by atoms with Gasteiger partial charge < -0.3 is 14.9 Å². The van der Waals surface area contributed by atoms with E-state index in [9.17, 15) is 0 Å². The molecule has 2 rings (SSSR count). The van der Waals surface area contributed by atoms with Gasteiger partial charge in [0.15, 0.2) is 0 Å². The number of nitrogens with two attached hydrogens (primary N) is 1. The molecule has 1 saturated carbocycles. The molecule has 4 nitrogen and oxygen atoms in total. The van der Waals surface area contributed by atoms with Gasteiger partial charge in [0.2, 0.25) is 0 Å². The minimum Gasteiger partial charge on any atom is -0.468 e. The summed E-state index contributed by atoms with van der Waals surface area (Å²) in [6.07, 6.45) is 5.55. The molecule has 1 heterocycles. The zero-order valence-electron chi connectivity index (χ0n) is 11.2. The van der Waals surface area contributed by atoms with Gasteiger partial charge in [-0.25, -0.2) is 0 Å². The summed E-state index contributed by atoms with van der Waals surface area (Å²) in [5, 5.41) is 0. The van der Waals surface area contributed by atoms with E-state index in [0.717, 1.165) is 37.9 Å². The number of hydrogen-bond donors (Lipinski definition) is 1. The molecule has 1 aliphatic rings. The van der Waals surface area contributed by atoms with Gasteiger partial charge in [0.1, 0.15) is 5.76 Å². The predicted octanol–water partition coefficient (Wildman–Crippen LogP) is 2.00. The van der Waals surface area contributed by atoms with Crippen LogP contribution in [0.3, 0.4) is 0 Å². The summed E-state index contributed by atoms with van der Waals surface area (Å²) >= 11 is 0. The fourth-order valence-corrected chi connectivity index (χ4v) is 2.25. The first-order valence-corrected chi connectivity index (χ1v) is 6.91. The topological polar surface area (TPSA) is 51.6 Å². The first-order valence-electron chi connectivity index (χ1n) is 6.91. The van der Waals surface area contributed by atoms with E-state index in [2.05, 4.69) is 4.90 Å². The van der Waals surface area contributed by atoms with Crippen LogP contribution in [-0.2, 0) is 11.3 Å². The Balaban J connectivity index is 1.79. The molecule has 2 N–H and O–H groups in total. The zero-order valence-corrected chi connectivity index (χ0v) is 11.2. The Morgan fingerprint density at radius 1 is 1.56 bits per heavy atom. The molecule has 0 aromatic carbocycles. The molecule has 1 atom stereocenters. The number of ether oxygens (including phenoxy) is 1. The van der Waals surface area contributed by atoms with Crippen molar-refractivity contribution in [2.24, 2.45) is 5.73 Å². The van der Waals surface area contributed by atoms with Gasteiger partial charge in [0.05, 0.1) is 18.9 Å². The Morgan fingerprint density at radius 3 is 2.94 bits per heavy atom. The lowest BCUT2D eigenvalue weighted by Crippen LogP contribution is -2.32. The molecule has 1 aromatic rings.